The Bertz CT molecular complexity index is 378. The molecular formula is C10H9ClF3NO2. The van der Waals surface area contributed by atoms with Crippen molar-refractivity contribution in [2.75, 3.05) is 5.88 Å². The van der Waals surface area contributed by atoms with Crippen LogP contribution in [0.3, 0.4) is 0 Å². The van der Waals surface area contributed by atoms with Crippen LogP contribution in [0.25, 0.3) is 0 Å². The summed E-state index contributed by atoms with van der Waals surface area (Å²) in [7, 11) is 0. The van der Waals surface area contributed by atoms with E-state index in [9.17, 15) is 18.0 Å². The third kappa shape index (κ3) is 5.44. The van der Waals surface area contributed by atoms with Gasteiger partial charge in [-0.3, -0.25) is 4.79 Å². The van der Waals surface area contributed by atoms with E-state index in [1.807, 2.05) is 0 Å². The molecule has 0 aliphatic rings. The lowest BCUT2D eigenvalue weighted by atomic mass is 10.2. The lowest BCUT2D eigenvalue weighted by molar-refractivity contribution is -0.274. The van der Waals surface area contributed by atoms with Crippen molar-refractivity contribution in [3.8, 4) is 5.75 Å². The fourth-order valence-corrected chi connectivity index (χ4v) is 1.15. The third-order valence-electron chi connectivity index (χ3n) is 1.77. The zero-order valence-electron chi connectivity index (χ0n) is 8.55. The Morgan fingerprint density at radius 3 is 2.35 bits per heavy atom. The molecule has 7 heteroatoms. The number of hydrogen-bond donors (Lipinski definition) is 1. The maximum Gasteiger partial charge on any atom is 0.573 e. The zero-order chi connectivity index (χ0) is 12.9. The minimum Gasteiger partial charge on any atom is -0.406 e. The van der Waals surface area contributed by atoms with E-state index in [4.69, 9.17) is 11.6 Å². The molecule has 0 saturated carbocycles. The third-order valence-corrected chi connectivity index (χ3v) is 2.01. The summed E-state index contributed by atoms with van der Waals surface area (Å²) in [6, 6.07) is 5.20. The molecule has 1 aromatic rings. The van der Waals surface area contributed by atoms with Crippen LogP contribution in [-0.2, 0) is 11.3 Å². The van der Waals surface area contributed by atoms with Gasteiger partial charge in [-0.2, -0.15) is 0 Å². The highest BCUT2D eigenvalue weighted by molar-refractivity contribution is 6.27. The molecular weight excluding hydrogens is 259 g/mol. The highest BCUT2D eigenvalue weighted by atomic mass is 35.5. The molecule has 0 aliphatic carbocycles. The normalized spacial score (nSPS) is 11.1. The molecule has 0 spiro atoms. The lowest BCUT2D eigenvalue weighted by Gasteiger charge is -2.09. The van der Waals surface area contributed by atoms with Crippen molar-refractivity contribution in [3.63, 3.8) is 0 Å². The second-order valence-corrected chi connectivity index (χ2v) is 3.37. The minimum absolute atomic E-state index is 0.157. The smallest absolute Gasteiger partial charge is 0.406 e. The van der Waals surface area contributed by atoms with Crippen LogP contribution in [0.1, 0.15) is 5.56 Å². The maximum atomic E-state index is 11.8. The van der Waals surface area contributed by atoms with Crippen LogP contribution in [0.4, 0.5) is 13.2 Å². The van der Waals surface area contributed by atoms with Crippen molar-refractivity contribution in [1.29, 1.82) is 0 Å². The van der Waals surface area contributed by atoms with Crippen molar-refractivity contribution in [2.45, 2.75) is 12.9 Å². The Morgan fingerprint density at radius 1 is 1.29 bits per heavy atom. The number of halogens is 4. The minimum atomic E-state index is -4.70. The first-order chi connectivity index (χ1) is 7.90. The molecule has 1 N–H and O–H groups in total. The number of rotatable bonds is 4. The van der Waals surface area contributed by atoms with Gasteiger partial charge in [0.05, 0.1) is 0 Å². The van der Waals surface area contributed by atoms with Crippen LogP contribution in [0, 0.1) is 0 Å². The van der Waals surface area contributed by atoms with Crippen LogP contribution in [-0.4, -0.2) is 18.1 Å². The van der Waals surface area contributed by atoms with Gasteiger partial charge in [-0.05, 0) is 17.7 Å². The van der Waals surface area contributed by atoms with E-state index in [0.29, 0.717) is 5.56 Å². The van der Waals surface area contributed by atoms with Crippen molar-refractivity contribution >= 4 is 17.5 Å². The van der Waals surface area contributed by atoms with Gasteiger partial charge < -0.3 is 10.1 Å². The van der Waals surface area contributed by atoms with Gasteiger partial charge in [-0.1, -0.05) is 12.1 Å². The zero-order valence-corrected chi connectivity index (χ0v) is 9.31. The molecule has 0 atom stereocenters. The Kier molecular flexibility index (Phi) is 4.62. The molecule has 1 aromatic carbocycles. The highest BCUT2D eigenvalue weighted by Crippen LogP contribution is 2.22. The fourth-order valence-electron chi connectivity index (χ4n) is 1.06. The summed E-state index contributed by atoms with van der Waals surface area (Å²) >= 11 is 5.26. The first kappa shape index (κ1) is 13.6. The van der Waals surface area contributed by atoms with Gasteiger partial charge in [0.15, 0.2) is 0 Å². The van der Waals surface area contributed by atoms with E-state index in [-0.39, 0.29) is 24.1 Å². The molecule has 0 bridgehead atoms. The van der Waals surface area contributed by atoms with E-state index in [1.54, 1.807) is 0 Å². The lowest BCUT2D eigenvalue weighted by Crippen LogP contribution is -2.23. The van der Waals surface area contributed by atoms with E-state index >= 15 is 0 Å². The monoisotopic (exact) mass is 267 g/mol. The van der Waals surface area contributed by atoms with Crippen molar-refractivity contribution in [2.24, 2.45) is 0 Å². The molecule has 1 amide bonds. The second-order valence-electron chi connectivity index (χ2n) is 3.10. The molecule has 0 fully saturated rings. The first-order valence-electron chi connectivity index (χ1n) is 4.58. The standard InChI is InChI=1S/C10H9ClF3NO2/c11-5-9(16)15-6-7-1-3-8(4-2-7)17-10(12,13)14/h1-4H,5-6H2,(H,15,16). The molecule has 94 valence electrons. The maximum absolute atomic E-state index is 11.8. The van der Waals surface area contributed by atoms with Crippen molar-refractivity contribution < 1.29 is 22.7 Å². The van der Waals surface area contributed by atoms with Gasteiger partial charge in [0.25, 0.3) is 0 Å². The van der Waals surface area contributed by atoms with Gasteiger partial charge in [0.1, 0.15) is 11.6 Å². The predicted octanol–water partition coefficient (Wildman–Crippen LogP) is 2.44. The van der Waals surface area contributed by atoms with Gasteiger partial charge in [-0.15, -0.1) is 24.8 Å². The summed E-state index contributed by atoms with van der Waals surface area (Å²) in [6.45, 7) is 0.206. The Hall–Kier alpha value is -1.43. The SMILES string of the molecule is O=C(CCl)NCc1ccc(OC(F)(F)F)cc1. The Morgan fingerprint density at radius 2 is 1.88 bits per heavy atom. The van der Waals surface area contributed by atoms with Crippen LogP contribution in [0.2, 0.25) is 0 Å². The number of benzene rings is 1. The summed E-state index contributed by atoms with van der Waals surface area (Å²) in [5, 5.41) is 2.48. The van der Waals surface area contributed by atoms with Crippen LogP contribution in [0.5, 0.6) is 5.75 Å². The number of nitrogens with one attached hydrogen (secondary N) is 1. The average Bonchev–Trinajstić information content (AvgIpc) is 2.25. The number of carbonyl (C=O) groups is 1. The number of ether oxygens (including phenoxy) is 1. The Labute approximate surface area is 101 Å². The molecule has 3 nitrogen and oxygen atoms in total. The molecule has 17 heavy (non-hydrogen) atoms. The van der Waals surface area contributed by atoms with Gasteiger partial charge in [0.2, 0.25) is 5.91 Å². The highest BCUT2D eigenvalue weighted by Gasteiger charge is 2.30. The molecule has 0 heterocycles. The van der Waals surface area contributed by atoms with Crippen molar-refractivity contribution in [1.82, 2.24) is 5.32 Å². The number of hydrogen-bond acceptors (Lipinski definition) is 2. The number of carbonyl (C=O) groups excluding carboxylic acids is 1. The largest absolute Gasteiger partial charge is 0.573 e. The van der Waals surface area contributed by atoms with Crippen LogP contribution < -0.4 is 10.1 Å². The topological polar surface area (TPSA) is 38.3 Å². The van der Waals surface area contributed by atoms with E-state index in [2.05, 4.69) is 10.1 Å². The van der Waals surface area contributed by atoms with Gasteiger partial charge >= 0.3 is 6.36 Å². The molecule has 0 saturated heterocycles. The summed E-state index contributed by atoms with van der Waals surface area (Å²) < 4.78 is 39.2. The second kappa shape index (κ2) is 5.77. The molecule has 1 rings (SSSR count). The summed E-state index contributed by atoms with van der Waals surface area (Å²) in [5.41, 5.74) is 0.651. The number of amides is 1. The molecule has 0 radical (unpaired) electrons. The fraction of sp³-hybridized carbons (Fsp3) is 0.300. The first-order valence-corrected chi connectivity index (χ1v) is 5.11. The molecule has 0 aromatic heterocycles. The van der Waals surface area contributed by atoms with Gasteiger partial charge in [0, 0.05) is 6.54 Å². The van der Waals surface area contributed by atoms with Gasteiger partial charge in [-0.25, -0.2) is 0 Å². The molecule has 0 unspecified atom stereocenters. The Balaban J connectivity index is 2.53. The van der Waals surface area contributed by atoms with E-state index in [1.165, 1.54) is 24.3 Å². The van der Waals surface area contributed by atoms with E-state index < -0.39 is 6.36 Å². The van der Waals surface area contributed by atoms with Crippen LogP contribution in [0.15, 0.2) is 24.3 Å². The average molecular weight is 268 g/mol. The molecule has 0 aliphatic heterocycles. The summed E-state index contributed by atoms with van der Waals surface area (Å²) in [5.74, 6) is -0.804. The quantitative estimate of drug-likeness (QED) is 0.851. The van der Waals surface area contributed by atoms with Crippen LogP contribution >= 0.6 is 11.6 Å². The van der Waals surface area contributed by atoms with E-state index in [0.717, 1.165) is 0 Å². The predicted molar refractivity (Wildman–Crippen MR) is 55.7 cm³/mol. The summed E-state index contributed by atoms with van der Waals surface area (Å²) in [4.78, 5) is 10.8. The summed E-state index contributed by atoms with van der Waals surface area (Å²) in [6.07, 6.45) is -4.70. The number of alkyl halides is 4. The van der Waals surface area contributed by atoms with Crippen molar-refractivity contribution in [3.05, 3.63) is 29.8 Å².